The number of para-hydroxylation sites is 1. The standard InChI is InChI=1S/C24H22N2O2.C2H6/c1-6-15-18(7-2)26(8-3)14(5)20(15)22-23(27)21(24(22)28)19-13(4)25-17-12-10-9-11-16(17)19;1-2/h6-7,9-12,27H,1-2,8H2,3-5H3;1-2H3/b21-19+;. The van der Waals surface area contributed by atoms with Gasteiger partial charge in [-0.25, -0.2) is 0 Å². The maximum Gasteiger partial charge on any atom is 0.201 e. The molecule has 4 rings (SSSR count). The molecule has 154 valence electrons. The van der Waals surface area contributed by atoms with Gasteiger partial charge in [-0.1, -0.05) is 51.3 Å². The van der Waals surface area contributed by atoms with E-state index in [0.29, 0.717) is 11.1 Å². The number of Topliss-reactive ketones (excluding diaryl/α,β-unsaturated/α-hetero) is 1. The number of rotatable bonds is 4. The fraction of sp³-hybridized carbons (Fsp3) is 0.231. The average Bonchev–Trinajstić information content (AvgIpc) is 3.23. The summed E-state index contributed by atoms with van der Waals surface area (Å²) in [6.45, 7) is 18.4. The molecule has 1 N–H and O–H groups in total. The molecule has 0 bridgehead atoms. The summed E-state index contributed by atoms with van der Waals surface area (Å²) in [5, 5.41) is 11.0. The molecule has 1 aliphatic heterocycles. The first kappa shape index (κ1) is 21.3. The predicted octanol–water partition coefficient (Wildman–Crippen LogP) is 6.54. The maximum atomic E-state index is 13.2. The monoisotopic (exact) mass is 400 g/mol. The van der Waals surface area contributed by atoms with Gasteiger partial charge in [-0.05, 0) is 32.9 Å². The lowest BCUT2D eigenvalue weighted by molar-refractivity contribution is -0.111. The van der Waals surface area contributed by atoms with Crippen LogP contribution in [0, 0.1) is 6.92 Å². The number of aromatic nitrogens is 1. The second-order valence-corrected chi connectivity index (χ2v) is 6.93. The minimum atomic E-state index is -0.159. The first-order valence-electron chi connectivity index (χ1n) is 10.3. The van der Waals surface area contributed by atoms with Crippen molar-refractivity contribution in [3.05, 3.63) is 76.8 Å². The zero-order valence-electron chi connectivity index (χ0n) is 18.3. The summed E-state index contributed by atoms with van der Waals surface area (Å²) in [6.07, 6.45) is 3.49. The van der Waals surface area contributed by atoms with E-state index < -0.39 is 0 Å². The van der Waals surface area contributed by atoms with Gasteiger partial charge in [-0.15, -0.1) is 0 Å². The zero-order valence-corrected chi connectivity index (χ0v) is 18.3. The van der Waals surface area contributed by atoms with Crippen LogP contribution in [0.15, 0.2) is 53.7 Å². The van der Waals surface area contributed by atoms with Crippen LogP contribution in [0.3, 0.4) is 0 Å². The Kier molecular flexibility index (Phi) is 5.79. The Hall–Kier alpha value is -3.40. The van der Waals surface area contributed by atoms with E-state index in [9.17, 15) is 9.90 Å². The van der Waals surface area contributed by atoms with Crippen LogP contribution >= 0.6 is 0 Å². The smallest absolute Gasteiger partial charge is 0.201 e. The van der Waals surface area contributed by atoms with Crippen molar-refractivity contribution in [1.82, 2.24) is 4.57 Å². The number of aliphatic hydroxyl groups excluding tert-OH is 1. The van der Waals surface area contributed by atoms with Gasteiger partial charge in [-0.2, -0.15) is 0 Å². The first-order chi connectivity index (χ1) is 14.5. The maximum absolute atomic E-state index is 13.2. The van der Waals surface area contributed by atoms with Crippen LogP contribution in [0.5, 0.6) is 0 Å². The molecule has 0 unspecified atom stereocenters. The number of carbonyl (C=O) groups excluding carboxylic acids is 1. The number of ketones is 1. The molecule has 2 aromatic rings. The SMILES string of the molecule is C=Cc1c(C2=C(O)/C(=C3/C(C)=Nc4ccccc43)C2=O)c(C)n(CC)c1C=C.CC. The normalized spacial score (nSPS) is 17.1. The molecule has 1 aliphatic carbocycles. The summed E-state index contributed by atoms with van der Waals surface area (Å²) in [7, 11) is 0. The van der Waals surface area contributed by atoms with E-state index in [0.717, 1.165) is 51.6 Å². The van der Waals surface area contributed by atoms with E-state index in [1.165, 1.54) is 0 Å². The van der Waals surface area contributed by atoms with E-state index in [-0.39, 0.29) is 11.5 Å². The quantitative estimate of drug-likeness (QED) is 0.592. The molecule has 30 heavy (non-hydrogen) atoms. The summed E-state index contributed by atoms with van der Waals surface area (Å²) < 4.78 is 2.08. The number of benzene rings is 1. The summed E-state index contributed by atoms with van der Waals surface area (Å²) in [5.41, 5.74) is 7.25. The highest BCUT2D eigenvalue weighted by molar-refractivity contribution is 6.47. The van der Waals surface area contributed by atoms with Gasteiger partial charge in [0.05, 0.1) is 16.8 Å². The van der Waals surface area contributed by atoms with Crippen molar-refractivity contribution in [2.45, 2.75) is 41.2 Å². The number of allylic oxidation sites excluding steroid dienone is 3. The molecule has 0 fully saturated rings. The Morgan fingerprint density at radius 1 is 1.07 bits per heavy atom. The Morgan fingerprint density at radius 2 is 1.73 bits per heavy atom. The van der Waals surface area contributed by atoms with Crippen molar-refractivity contribution in [3.8, 4) is 0 Å². The molecule has 0 amide bonds. The highest BCUT2D eigenvalue weighted by Crippen LogP contribution is 2.47. The van der Waals surface area contributed by atoms with Gasteiger partial charge in [-0.3, -0.25) is 9.79 Å². The predicted molar refractivity (Wildman–Crippen MR) is 127 cm³/mol. The van der Waals surface area contributed by atoms with Crippen molar-refractivity contribution >= 4 is 40.5 Å². The van der Waals surface area contributed by atoms with Gasteiger partial charge in [0.15, 0.2) is 0 Å². The molecule has 0 saturated heterocycles. The topological polar surface area (TPSA) is 54.6 Å². The number of hydrogen-bond donors (Lipinski definition) is 1. The molecule has 2 heterocycles. The molecular weight excluding hydrogens is 372 g/mol. The fourth-order valence-corrected chi connectivity index (χ4v) is 4.33. The molecule has 0 spiro atoms. The van der Waals surface area contributed by atoms with Gasteiger partial charge in [0, 0.05) is 45.9 Å². The van der Waals surface area contributed by atoms with Crippen LogP contribution in [0.25, 0.3) is 23.3 Å². The van der Waals surface area contributed by atoms with E-state index in [1.54, 1.807) is 12.2 Å². The minimum absolute atomic E-state index is 0.0290. The Bertz CT molecular complexity index is 1170. The first-order valence-corrected chi connectivity index (χ1v) is 10.3. The van der Waals surface area contributed by atoms with Crippen molar-refractivity contribution in [2.75, 3.05) is 0 Å². The second-order valence-electron chi connectivity index (χ2n) is 6.93. The minimum Gasteiger partial charge on any atom is -0.506 e. The highest BCUT2D eigenvalue weighted by Gasteiger charge is 2.41. The van der Waals surface area contributed by atoms with Crippen molar-refractivity contribution in [2.24, 2.45) is 4.99 Å². The molecule has 0 atom stereocenters. The van der Waals surface area contributed by atoms with Crippen LogP contribution in [-0.2, 0) is 11.3 Å². The summed E-state index contributed by atoms with van der Waals surface area (Å²) in [6, 6.07) is 7.67. The third kappa shape index (κ3) is 2.83. The third-order valence-electron chi connectivity index (χ3n) is 5.57. The second kappa shape index (κ2) is 8.15. The number of aliphatic hydroxyl groups is 1. The van der Waals surface area contributed by atoms with Gasteiger partial charge in [0.25, 0.3) is 0 Å². The molecule has 4 nitrogen and oxygen atoms in total. The highest BCUT2D eigenvalue weighted by atomic mass is 16.3. The lowest BCUT2D eigenvalue weighted by Crippen LogP contribution is -2.24. The van der Waals surface area contributed by atoms with E-state index >= 15 is 0 Å². The van der Waals surface area contributed by atoms with E-state index in [4.69, 9.17) is 0 Å². The molecule has 1 aromatic carbocycles. The molecule has 2 aliphatic rings. The largest absolute Gasteiger partial charge is 0.506 e. The van der Waals surface area contributed by atoms with Crippen LogP contribution in [-0.4, -0.2) is 21.2 Å². The van der Waals surface area contributed by atoms with Crippen LogP contribution < -0.4 is 0 Å². The van der Waals surface area contributed by atoms with Crippen LogP contribution in [0.1, 0.15) is 55.8 Å². The Labute approximate surface area is 178 Å². The number of nitrogens with zero attached hydrogens (tertiary/aromatic N) is 2. The van der Waals surface area contributed by atoms with Crippen molar-refractivity contribution < 1.29 is 9.90 Å². The van der Waals surface area contributed by atoms with Crippen LogP contribution in [0.4, 0.5) is 5.69 Å². The molecular formula is C26H28N2O2. The average molecular weight is 401 g/mol. The number of aliphatic imine (C=N–C) groups is 1. The van der Waals surface area contributed by atoms with Crippen molar-refractivity contribution in [1.29, 1.82) is 0 Å². The van der Waals surface area contributed by atoms with E-state index in [2.05, 4.69) is 22.7 Å². The Morgan fingerprint density at radius 3 is 2.30 bits per heavy atom. The lowest BCUT2D eigenvalue weighted by atomic mass is 9.77. The summed E-state index contributed by atoms with van der Waals surface area (Å²) in [5.74, 6) is -0.130. The molecule has 1 aromatic heterocycles. The third-order valence-corrected chi connectivity index (χ3v) is 5.57. The number of hydrogen-bond acceptors (Lipinski definition) is 3. The molecule has 0 saturated carbocycles. The molecule has 0 radical (unpaired) electrons. The van der Waals surface area contributed by atoms with Crippen LogP contribution in [0.2, 0.25) is 0 Å². The summed E-state index contributed by atoms with van der Waals surface area (Å²) in [4.78, 5) is 17.8. The van der Waals surface area contributed by atoms with Gasteiger partial charge in [0.1, 0.15) is 5.76 Å². The van der Waals surface area contributed by atoms with Crippen molar-refractivity contribution in [3.63, 3.8) is 0 Å². The number of carbonyl (C=O) groups is 1. The van der Waals surface area contributed by atoms with Gasteiger partial charge in [0.2, 0.25) is 5.78 Å². The fourth-order valence-electron chi connectivity index (χ4n) is 4.33. The Balaban J connectivity index is 0.00000124. The van der Waals surface area contributed by atoms with E-state index in [1.807, 2.05) is 58.9 Å². The zero-order chi connectivity index (χ0) is 22.2. The van der Waals surface area contributed by atoms with Gasteiger partial charge < -0.3 is 9.67 Å². The van der Waals surface area contributed by atoms with Gasteiger partial charge >= 0.3 is 0 Å². The summed E-state index contributed by atoms with van der Waals surface area (Å²) >= 11 is 0. The lowest BCUT2D eigenvalue weighted by Gasteiger charge is -2.24. The molecule has 4 heteroatoms. The number of fused-ring (bicyclic) bond motifs is 1.